The van der Waals surface area contributed by atoms with E-state index < -0.39 is 0 Å². The summed E-state index contributed by atoms with van der Waals surface area (Å²) in [6.45, 7) is 3.65. The average Bonchev–Trinajstić information content (AvgIpc) is 2.88. The first-order valence-electron chi connectivity index (χ1n) is 11.6. The second-order valence-electron chi connectivity index (χ2n) is 8.48. The first kappa shape index (κ1) is 22.7. The van der Waals surface area contributed by atoms with Gasteiger partial charge in [-0.2, -0.15) is 0 Å². The summed E-state index contributed by atoms with van der Waals surface area (Å²) in [5.41, 5.74) is 16.8. The van der Waals surface area contributed by atoms with Crippen molar-refractivity contribution in [2.24, 2.45) is 0 Å². The lowest BCUT2D eigenvalue weighted by atomic mass is 9.99. The fraction of sp³-hybridized carbons (Fsp3) is 0.214. The summed E-state index contributed by atoms with van der Waals surface area (Å²) >= 11 is 0. The number of methoxy groups -OCH3 is 1. The monoisotopic (exact) mass is 468 g/mol. The molecule has 0 aliphatic heterocycles. The summed E-state index contributed by atoms with van der Waals surface area (Å²) in [6, 6.07) is 17.9. The van der Waals surface area contributed by atoms with Crippen molar-refractivity contribution in [3.05, 3.63) is 71.9 Å². The summed E-state index contributed by atoms with van der Waals surface area (Å²) in [5, 5.41) is 3.65. The number of pyridine rings is 2. The number of aryl methyl sites for hydroxylation is 1. The Bertz CT molecular complexity index is 1520. The lowest BCUT2D eigenvalue weighted by Crippen LogP contribution is -2.04. The lowest BCUT2D eigenvalue weighted by molar-refractivity contribution is 0.107. The number of rotatable bonds is 8. The summed E-state index contributed by atoms with van der Waals surface area (Å²) in [4.78, 5) is 9.24. The van der Waals surface area contributed by atoms with Crippen molar-refractivity contribution in [1.82, 2.24) is 9.97 Å². The smallest absolute Gasteiger partial charge is 0.163 e. The van der Waals surface area contributed by atoms with Gasteiger partial charge in [-0.25, -0.2) is 4.98 Å². The molecule has 0 saturated carbocycles. The maximum atomic E-state index is 6.32. The van der Waals surface area contributed by atoms with Crippen molar-refractivity contribution < 1.29 is 14.2 Å². The molecule has 0 aliphatic carbocycles. The van der Waals surface area contributed by atoms with E-state index in [-0.39, 0.29) is 0 Å². The van der Waals surface area contributed by atoms with Crippen molar-refractivity contribution in [2.75, 3.05) is 31.8 Å². The summed E-state index contributed by atoms with van der Waals surface area (Å²) in [7, 11) is 1.63. The van der Waals surface area contributed by atoms with Gasteiger partial charge in [0, 0.05) is 45.9 Å². The van der Waals surface area contributed by atoms with Crippen LogP contribution in [0.5, 0.6) is 11.5 Å². The van der Waals surface area contributed by atoms with Gasteiger partial charge in [0.1, 0.15) is 5.82 Å². The first-order chi connectivity index (χ1) is 17.1. The number of nitrogens with two attached hydrogens (primary N) is 2. The average molecular weight is 469 g/mol. The van der Waals surface area contributed by atoms with Crippen LogP contribution in [0.25, 0.3) is 32.6 Å². The van der Waals surface area contributed by atoms with Crippen molar-refractivity contribution in [3.8, 4) is 11.5 Å². The van der Waals surface area contributed by atoms with Crippen LogP contribution in [0.15, 0.2) is 60.8 Å². The van der Waals surface area contributed by atoms with Crippen LogP contribution in [-0.4, -0.2) is 30.3 Å². The van der Waals surface area contributed by atoms with E-state index in [2.05, 4.69) is 22.1 Å². The van der Waals surface area contributed by atoms with Crippen LogP contribution in [0, 0.1) is 6.92 Å². The number of aromatic nitrogens is 2. The highest BCUT2D eigenvalue weighted by Crippen LogP contribution is 2.39. The molecule has 0 atom stereocenters. The second-order valence-corrected chi connectivity index (χ2v) is 8.48. The SMILES string of the molecule is COc1cc2c(cc1OCCCOCc1ccccc1)ncc1c(N)nc3c(C)c(N)ccc3c12. The molecule has 0 fully saturated rings. The number of nitrogens with zero attached hydrogens (tertiary/aromatic N) is 2. The third kappa shape index (κ3) is 4.38. The summed E-state index contributed by atoms with van der Waals surface area (Å²) in [6.07, 6.45) is 2.52. The Labute approximate surface area is 203 Å². The third-order valence-corrected chi connectivity index (χ3v) is 6.21. The van der Waals surface area contributed by atoms with Gasteiger partial charge < -0.3 is 25.7 Å². The van der Waals surface area contributed by atoms with Gasteiger partial charge in [0.2, 0.25) is 0 Å². The van der Waals surface area contributed by atoms with Crippen molar-refractivity contribution in [3.63, 3.8) is 0 Å². The van der Waals surface area contributed by atoms with Crippen molar-refractivity contribution >= 4 is 44.1 Å². The molecule has 3 aromatic carbocycles. The van der Waals surface area contributed by atoms with E-state index in [1.165, 1.54) is 0 Å². The molecule has 0 aliphatic rings. The second kappa shape index (κ2) is 9.64. The number of nitrogen functional groups attached to an aromatic ring is 2. The molecule has 5 rings (SSSR count). The van der Waals surface area contributed by atoms with Gasteiger partial charge in [-0.15, -0.1) is 0 Å². The Kier molecular flexibility index (Phi) is 6.25. The summed E-state index contributed by atoms with van der Waals surface area (Å²) < 4.78 is 17.5. The van der Waals surface area contributed by atoms with Gasteiger partial charge in [-0.1, -0.05) is 36.4 Å². The molecule has 4 N–H and O–H groups in total. The van der Waals surface area contributed by atoms with Gasteiger partial charge in [-0.3, -0.25) is 4.98 Å². The Morgan fingerprint density at radius 1 is 0.886 bits per heavy atom. The van der Waals surface area contributed by atoms with Gasteiger partial charge >= 0.3 is 0 Å². The molecule has 0 amide bonds. The van der Waals surface area contributed by atoms with E-state index in [4.69, 9.17) is 25.7 Å². The predicted molar refractivity (Wildman–Crippen MR) is 141 cm³/mol. The molecule has 178 valence electrons. The zero-order valence-electron chi connectivity index (χ0n) is 19.9. The minimum Gasteiger partial charge on any atom is -0.493 e. The number of benzene rings is 3. The van der Waals surface area contributed by atoms with Crippen LogP contribution in [0.4, 0.5) is 11.5 Å². The van der Waals surface area contributed by atoms with E-state index >= 15 is 0 Å². The lowest BCUT2D eigenvalue weighted by Gasteiger charge is -2.15. The highest BCUT2D eigenvalue weighted by molar-refractivity contribution is 6.21. The minimum absolute atomic E-state index is 0.422. The highest BCUT2D eigenvalue weighted by atomic mass is 16.5. The maximum absolute atomic E-state index is 6.32. The van der Waals surface area contributed by atoms with Gasteiger partial charge in [-0.05, 0) is 30.2 Å². The normalized spacial score (nSPS) is 11.4. The number of ether oxygens (including phenoxy) is 3. The Morgan fingerprint density at radius 2 is 1.71 bits per heavy atom. The molecule has 7 nitrogen and oxygen atoms in total. The van der Waals surface area contributed by atoms with E-state index in [0.717, 1.165) is 50.1 Å². The topological polar surface area (TPSA) is 106 Å². The summed E-state index contributed by atoms with van der Waals surface area (Å²) in [5.74, 6) is 1.69. The molecule has 5 aromatic rings. The van der Waals surface area contributed by atoms with Crippen LogP contribution in [0.1, 0.15) is 17.5 Å². The van der Waals surface area contributed by atoms with Crippen LogP contribution in [0.2, 0.25) is 0 Å². The fourth-order valence-corrected chi connectivity index (χ4v) is 4.31. The van der Waals surface area contributed by atoms with E-state index in [0.29, 0.717) is 42.8 Å². The highest BCUT2D eigenvalue weighted by Gasteiger charge is 2.16. The van der Waals surface area contributed by atoms with Crippen LogP contribution in [0.3, 0.4) is 0 Å². The molecule has 0 bridgehead atoms. The molecule has 0 radical (unpaired) electrons. The quantitative estimate of drug-likeness (QED) is 0.178. The van der Waals surface area contributed by atoms with E-state index in [1.807, 2.05) is 49.4 Å². The van der Waals surface area contributed by atoms with Crippen molar-refractivity contribution in [2.45, 2.75) is 20.0 Å². The molecule has 0 unspecified atom stereocenters. The molecule has 0 saturated heterocycles. The number of hydrogen-bond acceptors (Lipinski definition) is 7. The van der Waals surface area contributed by atoms with Gasteiger partial charge in [0.15, 0.2) is 11.5 Å². The van der Waals surface area contributed by atoms with Gasteiger partial charge in [0.05, 0.1) is 38.0 Å². The molecule has 0 spiro atoms. The number of hydrogen-bond donors (Lipinski definition) is 2. The standard InChI is InChI=1S/C28H28N4O3/c1-17-22(29)10-9-19-26-20-13-24(33-2)25(14-23(20)31-15-21(26)28(30)32-27(17)19)35-12-6-11-34-16-18-7-4-3-5-8-18/h3-5,7-10,13-15H,6,11-12,16,29H2,1-2H3,(H2,30,32). The van der Waals surface area contributed by atoms with Crippen LogP contribution in [-0.2, 0) is 11.3 Å². The van der Waals surface area contributed by atoms with E-state index in [9.17, 15) is 0 Å². The first-order valence-corrected chi connectivity index (χ1v) is 11.6. The largest absolute Gasteiger partial charge is 0.493 e. The molecule has 35 heavy (non-hydrogen) atoms. The Balaban J connectivity index is 1.42. The van der Waals surface area contributed by atoms with Crippen LogP contribution >= 0.6 is 0 Å². The third-order valence-electron chi connectivity index (χ3n) is 6.21. The molecule has 2 aromatic heterocycles. The minimum atomic E-state index is 0.422. The number of fused-ring (bicyclic) bond motifs is 5. The molecular formula is C28H28N4O3. The zero-order chi connectivity index (χ0) is 24.4. The predicted octanol–water partition coefficient (Wildman–Crippen LogP) is 5.40. The molecule has 7 heteroatoms. The van der Waals surface area contributed by atoms with Crippen LogP contribution < -0.4 is 20.9 Å². The Morgan fingerprint density at radius 3 is 2.51 bits per heavy atom. The van der Waals surface area contributed by atoms with E-state index in [1.54, 1.807) is 13.3 Å². The van der Waals surface area contributed by atoms with Crippen molar-refractivity contribution in [1.29, 1.82) is 0 Å². The fourth-order valence-electron chi connectivity index (χ4n) is 4.31. The maximum Gasteiger partial charge on any atom is 0.163 e. The van der Waals surface area contributed by atoms with Gasteiger partial charge in [0.25, 0.3) is 0 Å². The molecular weight excluding hydrogens is 440 g/mol. The number of anilines is 2. The molecule has 2 heterocycles. The Hall–Kier alpha value is -4.10. The zero-order valence-corrected chi connectivity index (χ0v) is 19.9.